The summed E-state index contributed by atoms with van der Waals surface area (Å²) in [6.07, 6.45) is 2.00. The molecule has 0 aliphatic heterocycles. The van der Waals surface area contributed by atoms with Crippen LogP contribution >= 0.6 is 11.6 Å². The predicted octanol–water partition coefficient (Wildman–Crippen LogP) is 3.66. The molecule has 116 valence electrons. The van der Waals surface area contributed by atoms with E-state index >= 15 is 0 Å². The minimum atomic E-state index is -3.59. The van der Waals surface area contributed by atoms with Crippen LogP contribution in [0, 0.1) is 6.92 Å². The number of halogens is 1. The van der Waals surface area contributed by atoms with Crippen molar-refractivity contribution < 1.29 is 8.42 Å². The highest BCUT2D eigenvalue weighted by Gasteiger charge is 2.44. The maximum Gasteiger partial charge on any atom is 0.242 e. The molecule has 1 fully saturated rings. The number of nitrogens with one attached hydrogen (secondary N) is 1. The average Bonchev–Trinajstić information content (AvgIpc) is 3.27. The molecule has 1 N–H and O–H groups in total. The zero-order valence-corrected chi connectivity index (χ0v) is 13.9. The second-order valence-electron chi connectivity index (χ2n) is 5.90. The normalized spacial score (nSPS) is 16.5. The van der Waals surface area contributed by atoms with Crippen molar-refractivity contribution in [1.82, 2.24) is 4.72 Å². The molecule has 0 atom stereocenters. The Morgan fingerprint density at radius 3 is 2.41 bits per heavy atom. The van der Waals surface area contributed by atoms with E-state index in [4.69, 9.17) is 11.6 Å². The highest BCUT2D eigenvalue weighted by atomic mass is 35.5. The van der Waals surface area contributed by atoms with Gasteiger partial charge in [0, 0.05) is 12.0 Å². The topological polar surface area (TPSA) is 46.2 Å². The molecule has 1 aliphatic rings. The summed E-state index contributed by atoms with van der Waals surface area (Å²) in [5.41, 5.74) is 2.06. The van der Waals surface area contributed by atoms with Crippen LogP contribution in [-0.4, -0.2) is 15.0 Å². The van der Waals surface area contributed by atoms with E-state index in [1.165, 1.54) is 5.56 Å². The largest absolute Gasteiger partial charge is 0.242 e. The Labute approximate surface area is 136 Å². The van der Waals surface area contributed by atoms with E-state index < -0.39 is 10.0 Å². The van der Waals surface area contributed by atoms with Crippen molar-refractivity contribution in [2.45, 2.75) is 30.1 Å². The molecule has 3 rings (SSSR count). The minimum Gasteiger partial charge on any atom is -0.210 e. The second kappa shape index (κ2) is 5.69. The lowest BCUT2D eigenvalue weighted by molar-refractivity contribution is 0.567. The lowest BCUT2D eigenvalue weighted by Gasteiger charge is -2.17. The number of benzene rings is 2. The highest BCUT2D eigenvalue weighted by Crippen LogP contribution is 2.47. The molecular weight excluding hydrogens is 318 g/mol. The molecule has 0 radical (unpaired) electrons. The van der Waals surface area contributed by atoms with Crippen LogP contribution in [0.25, 0.3) is 0 Å². The number of rotatable bonds is 5. The van der Waals surface area contributed by atoms with Crippen LogP contribution in [0.5, 0.6) is 0 Å². The van der Waals surface area contributed by atoms with Crippen molar-refractivity contribution in [3.05, 3.63) is 64.7 Å². The fraction of sp³-hybridized carbons (Fsp3) is 0.294. The first-order valence-corrected chi connectivity index (χ1v) is 9.10. The van der Waals surface area contributed by atoms with Gasteiger partial charge in [-0.05, 0) is 43.0 Å². The molecule has 1 saturated carbocycles. The highest BCUT2D eigenvalue weighted by molar-refractivity contribution is 7.89. The van der Waals surface area contributed by atoms with Gasteiger partial charge in [-0.1, -0.05) is 48.0 Å². The number of sulfonamides is 1. The summed E-state index contributed by atoms with van der Waals surface area (Å²) >= 11 is 6.08. The standard InChI is InChI=1S/C17H18ClNO2S/c1-13-7-8-16(15(18)11-13)22(20,21)19-12-17(9-10-17)14-5-3-2-4-6-14/h2-8,11,19H,9-10,12H2,1H3. The molecule has 1 aliphatic carbocycles. The summed E-state index contributed by atoms with van der Waals surface area (Å²) in [7, 11) is -3.59. The molecule has 0 spiro atoms. The molecule has 0 heterocycles. The van der Waals surface area contributed by atoms with Crippen molar-refractivity contribution in [2.75, 3.05) is 6.54 Å². The van der Waals surface area contributed by atoms with E-state index in [2.05, 4.69) is 16.9 Å². The molecule has 0 amide bonds. The van der Waals surface area contributed by atoms with Crippen molar-refractivity contribution >= 4 is 21.6 Å². The van der Waals surface area contributed by atoms with E-state index in [0.717, 1.165) is 18.4 Å². The summed E-state index contributed by atoms with van der Waals surface area (Å²) in [5, 5.41) is 0.261. The van der Waals surface area contributed by atoms with Gasteiger partial charge < -0.3 is 0 Å². The van der Waals surface area contributed by atoms with E-state index in [1.54, 1.807) is 18.2 Å². The van der Waals surface area contributed by atoms with Crippen LogP contribution in [0.1, 0.15) is 24.0 Å². The van der Waals surface area contributed by atoms with Crippen molar-refractivity contribution in [1.29, 1.82) is 0 Å². The van der Waals surface area contributed by atoms with Crippen LogP contribution in [0.4, 0.5) is 0 Å². The zero-order valence-electron chi connectivity index (χ0n) is 12.3. The smallest absolute Gasteiger partial charge is 0.210 e. The quantitative estimate of drug-likeness (QED) is 0.906. The third-order valence-electron chi connectivity index (χ3n) is 4.22. The van der Waals surface area contributed by atoms with Gasteiger partial charge in [0.05, 0.1) is 5.02 Å². The Balaban J connectivity index is 1.79. The van der Waals surface area contributed by atoms with E-state index in [-0.39, 0.29) is 15.3 Å². The lowest BCUT2D eigenvalue weighted by Crippen LogP contribution is -2.32. The molecule has 22 heavy (non-hydrogen) atoms. The van der Waals surface area contributed by atoms with E-state index in [1.807, 2.05) is 25.1 Å². The molecule has 2 aromatic carbocycles. The average molecular weight is 336 g/mol. The summed E-state index contributed by atoms with van der Waals surface area (Å²) in [4.78, 5) is 0.142. The number of aryl methyl sites for hydroxylation is 1. The van der Waals surface area contributed by atoms with Crippen molar-refractivity contribution in [3.8, 4) is 0 Å². The summed E-state index contributed by atoms with van der Waals surface area (Å²) in [6, 6.07) is 15.0. The van der Waals surface area contributed by atoms with Gasteiger partial charge in [0.2, 0.25) is 10.0 Å². The van der Waals surface area contributed by atoms with E-state index in [9.17, 15) is 8.42 Å². The van der Waals surface area contributed by atoms with Gasteiger partial charge in [-0.15, -0.1) is 0 Å². The number of hydrogen-bond acceptors (Lipinski definition) is 2. The van der Waals surface area contributed by atoms with Gasteiger partial charge in [-0.2, -0.15) is 0 Å². The maximum absolute atomic E-state index is 12.5. The molecule has 5 heteroatoms. The predicted molar refractivity (Wildman–Crippen MR) is 88.7 cm³/mol. The molecule has 0 saturated heterocycles. The van der Waals surface area contributed by atoms with Gasteiger partial charge in [0.25, 0.3) is 0 Å². The van der Waals surface area contributed by atoms with Crippen LogP contribution < -0.4 is 4.72 Å². The first kappa shape index (κ1) is 15.5. The van der Waals surface area contributed by atoms with Crippen LogP contribution in [0.3, 0.4) is 0 Å². The van der Waals surface area contributed by atoms with Crippen LogP contribution in [-0.2, 0) is 15.4 Å². The van der Waals surface area contributed by atoms with Gasteiger partial charge in [-0.3, -0.25) is 0 Å². The van der Waals surface area contributed by atoms with Gasteiger partial charge >= 0.3 is 0 Å². The molecule has 0 unspecified atom stereocenters. The Kier molecular flexibility index (Phi) is 4.02. The van der Waals surface area contributed by atoms with Crippen molar-refractivity contribution in [3.63, 3.8) is 0 Å². The summed E-state index contributed by atoms with van der Waals surface area (Å²) in [6.45, 7) is 2.29. The Morgan fingerprint density at radius 1 is 1.14 bits per heavy atom. The molecule has 0 bridgehead atoms. The van der Waals surface area contributed by atoms with Crippen LogP contribution in [0.2, 0.25) is 5.02 Å². The maximum atomic E-state index is 12.5. The number of hydrogen-bond donors (Lipinski definition) is 1. The zero-order chi connectivity index (χ0) is 15.8. The first-order valence-electron chi connectivity index (χ1n) is 7.24. The Bertz CT molecular complexity index is 784. The Hall–Kier alpha value is -1.36. The lowest BCUT2D eigenvalue weighted by atomic mass is 9.96. The third kappa shape index (κ3) is 3.05. The third-order valence-corrected chi connectivity index (χ3v) is 6.10. The molecule has 3 nitrogen and oxygen atoms in total. The van der Waals surface area contributed by atoms with Crippen molar-refractivity contribution in [2.24, 2.45) is 0 Å². The van der Waals surface area contributed by atoms with Gasteiger partial charge in [0.1, 0.15) is 4.90 Å². The molecule has 0 aromatic heterocycles. The fourth-order valence-corrected chi connectivity index (χ4v) is 4.37. The summed E-state index contributed by atoms with van der Waals surface area (Å²) in [5.74, 6) is 0. The fourth-order valence-electron chi connectivity index (χ4n) is 2.64. The second-order valence-corrected chi connectivity index (χ2v) is 8.05. The summed E-state index contributed by atoms with van der Waals surface area (Å²) < 4.78 is 27.7. The van der Waals surface area contributed by atoms with Gasteiger partial charge in [0.15, 0.2) is 0 Å². The Morgan fingerprint density at radius 2 is 1.82 bits per heavy atom. The first-order chi connectivity index (χ1) is 10.4. The minimum absolute atomic E-state index is 0.0640. The monoisotopic (exact) mass is 335 g/mol. The SMILES string of the molecule is Cc1ccc(S(=O)(=O)NCC2(c3ccccc3)CC2)c(Cl)c1. The van der Waals surface area contributed by atoms with Crippen LogP contribution in [0.15, 0.2) is 53.4 Å². The van der Waals surface area contributed by atoms with E-state index in [0.29, 0.717) is 6.54 Å². The van der Waals surface area contributed by atoms with Gasteiger partial charge in [-0.25, -0.2) is 13.1 Å². The molecular formula is C17H18ClNO2S. The molecule has 2 aromatic rings.